The van der Waals surface area contributed by atoms with Crippen molar-refractivity contribution in [2.24, 2.45) is 4.99 Å². The highest BCUT2D eigenvalue weighted by atomic mass is 16.5. The normalized spacial score (nSPS) is 29.4. The Hall–Kier alpha value is -1.15. The van der Waals surface area contributed by atoms with Gasteiger partial charge in [0, 0.05) is 11.6 Å². The predicted molar refractivity (Wildman–Crippen MR) is 56.0 cm³/mol. The minimum absolute atomic E-state index is 0.366. The van der Waals surface area contributed by atoms with Crippen LogP contribution in [0.4, 0.5) is 0 Å². The van der Waals surface area contributed by atoms with E-state index in [0.717, 1.165) is 18.9 Å². The monoisotopic (exact) mass is 187 g/mol. The lowest BCUT2D eigenvalue weighted by Crippen LogP contribution is -2.23. The molecule has 1 aromatic rings. The van der Waals surface area contributed by atoms with Crippen molar-refractivity contribution in [3.63, 3.8) is 0 Å². The fourth-order valence-corrected chi connectivity index (χ4v) is 2.44. The molecule has 2 heteroatoms. The molecule has 2 heterocycles. The lowest BCUT2D eigenvalue weighted by atomic mass is 9.86. The van der Waals surface area contributed by atoms with Gasteiger partial charge in [-0.15, -0.1) is 0 Å². The molecule has 2 aliphatic rings. The molecule has 72 valence electrons. The molecule has 0 amide bonds. The second-order valence-corrected chi connectivity index (χ2v) is 4.01. The molecule has 0 saturated carbocycles. The van der Waals surface area contributed by atoms with E-state index in [0.29, 0.717) is 12.0 Å². The molecule has 0 unspecified atom stereocenters. The second-order valence-electron chi connectivity index (χ2n) is 4.01. The van der Waals surface area contributed by atoms with Gasteiger partial charge in [-0.1, -0.05) is 24.3 Å². The molecule has 1 aromatic carbocycles. The third kappa shape index (κ3) is 1.04. The van der Waals surface area contributed by atoms with Crippen LogP contribution >= 0.6 is 0 Å². The minimum atomic E-state index is 0.366. The number of hydrogen-bond acceptors (Lipinski definition) is 2. The molecular weight excluding hydrogens is 174 g/mol. The summed E-state index contributed by atoms with van der Waals surface area (Å²) in [7, 11) is 0. The van der Waals surface area contributed by atoms with Gasteiger partial charge in [0.05, 0.1) is 19.3 Å². The largest absolute Gasteiger partial charge is 0.378 e. The van der Waals surface area contributed by atoms with Crippen molar-refractivity contribution in [1.29, 1.82) is 0 Å². The fraction of sp³-hybridized carbons (Fsp3) is 0.417. The zero-order valence-electron chi connectivity index (χ0n) is 8.23. The Labute approximate surface area is 83.6 Å². The van der Waals surface area contributed by atoms with Crippen molar-refractivity contribution in [3.8, 4) is 0 Å². The van der Waals surface area contributed by atoms with E-state index in [2.05, 4.69) is 36.2 Å². The molecule has 0 N–H and O–H groups in total. The van der Waals surface area contributed by atoms with E-state index in [1.54, 1.807) is 0 Å². The number of hydrogen-bond donors (Lipinski definition) is 0. The molecule has 0 radical (unpaired) electrons. The Balaban J connectivity index is 2.17. The summed E-state index contributed by atoms with van der Waals surface area (Å²) in [6.07, 6.45) is 0. The highest BCUT2D eigenvalue weighted by molar-refractivity contribution is 6.01. The number of fused-ring (bicyclic) bond motifs is 3. The van der Waals surface area contributed by atoms with Crippen LogP contribution in [0.3, 0.4) is 0 Å². The molecule has 14 heavy (non-hydrogen) atoms. The van der Waals surface area contributed by atoms with Crippen LogP contribution < -0.4 is 0 Å². The van der Waals surface area contributed by atoms with Crippen molar-refractivity contribution in [2.75, 3.05) is 13.2 Å². The first-order valence-electron chi connectivity index (χ1n) is 5.08. The Morgan fingerprint density at radius 1 is 1.29 bits per heavy atom. The molecule has 2 nitrogen and oxygen atoms in total. The molecule has 1 fully saturated rings. The van der Waals surface area contributed by atoms with E-state index in [1.165, 1.54) is 11.1 Å². The van der Waals surface area contributed by atoms with Crippen LogP contribution in [-0.2, 0) is 4.74 Å². The Kier molecular flexibility index (Phi) is 1.71. The summed E-state index contributed by atoms with van der Waals surface area (Å²) in [5.41, 5.74) is 3.88. The fourth-order valence-electron chi connectivity index (χ4n) is 2.44. The van der Waals surface area contributed by atoms with Crippen LogP contribution in [0.5, 0.6) is 0 Å². The van der Waals surface area contributed by atoms with E-state index in [1.807, 2.05) is 0 Å². The van der Waals surface area contributed by atoms with Gasteiger partial charge >= 0.3 is 0 Å². The molecule has 0 spiro atoms. The summed E-state index contributed by atoms with van der Waals surface area (Å²) in [6, 6.07) is 8.91. The number of benzene rings is 1. The van der Waals surface area contributed by atoms with Gasteiger partial charge in [0.2, 0.25) is 0 Å². The maximum atomic E-state index is 5.49. The van der Waals surface area contributed by atoms with Crippen LogP contribution in [0, 0.1) is 0 Å². The molecule has 2 aliphatic heterocycles. The van der Waals surface area contributed by atoms with Gasteiger partial charge < -0.3 is 4.74 Å². The first kappa shape index (κ1) is 8.18. The summed E-state index contributed by atoms with van der Waals surface area (Å²) < 4.78 is 5.49. The second kappa shape index (κ2) is 2.92. The molecule has 1 saturated heterocycles. The topological polar surface area (TPSA) is 21.6 Å². The molecule has 2 atom stereocenters. The van der Waals surface area contributed by atoms with Gasteiger partial charge in [-0.05, 0) is 18.1 Å². The van der Waals surface area contributed by atoms with Crippen LogP contribution in [0.15, 0.2) is 29.3 Å². The van der Waals surface area contributed by atoms with Crippen LogP contribution in [0.2, 0.25) is 0 Å². The number of nitrogens with zero attached hydrogens (tertiary/aromatic N) is 1. The number of ether oxygens (including phenoxy) is 1. The van der Waals surface area contributed by atoms with Crippen molar-refractivity contribution in [1.82, 2.24) is 0 Å². The van der Waals surface area contributed by atoms with E-state index in [9.17, 15) is 0 Å². The van der Waals surface area contributed by atoms with Gasteiger partial charge in [0.25, 0.3) is 0 Å². The highest BCUT2D eigenvalue weighted by Gasteiger charge is 2.33. The van der Waals surface area contributed by atoms with Crippen molar-refractivity contribution < 1.29 is 4.74 Å². The third-order valence-electron chi connectivity index (χ3n) is 3.16. The van der Waals surface area contributed by atoms with E-state index in [-0.39, 0.29) is 0 Å². The maximum Gasteiger partial charge on any atom is 0.0827 e. The standard InChI is InChI=1S/C12H13NO/c1-8-9-4-2-3-5-10(9)11-6-14-7-12(11)13-8/h2-5,11-12H,6-7H2,1H3/t11-,12-/m0/s1. The van der Waals surface area contributed by atoms with Gasteiger partial charge in [0.15, 0.2) is 0 Å². The smallest absolute Gasteiger partial charge is 0.0827 e. The molecule has 0 aromatic heterocycles. The van der Waals surface area contributed by atoms with E-state index >= 15 is 0 Å². The summed E-state index contributed by atoms with van der Waals surface area (Å²) in [5.74, 6) is 0.495. The quantitative estimate of drug-likeness (QED) is 0.608. The first-order chi connectivity index (χ1) is 6.86. The van der Waals surface area contributed by atoms with Crippen molar-refractivity contribution >= 4 is 5.71 Å². The van der Waals surface area contributed by atoms with Crippen molar-refractivity contribution in [2.45, 2.75) is 18.9 Å². The molecule has 3 rings (SSSR count). The van der Waals surface area contributed by atoms with E-state index in [4.69, 9.17) is 4.74 Å². The van der Waals surface area contributed by atoms with Crippen LogP contribution in [-0.4, -0.2) is 25.0 Å². The summed E-state index contributed by atoms with van der Waals surface area (Å²) in [6.45, 7) is 3.71. The van der Waals surface area contributed by atoms with Gasteiger partial charge in [-0.3, -0.25) is 4.99 Å². The van der Waals surface area contributed by atoms with Gasteiger partial charge in [-0.25, -0.2) is 0 Å². The first-order valence-corrected chi connectivity index (χ1v) is 5.08. The summed E-state index contributed by atoms with van der Waals surface area (Å²) in [4.78, 5) is 4.68. The maximum absolute atomic E-state index is 5.49. The summed E-state index contributed by atoms with van der Waals surface area (Å²) in [5, 5.41) is 0. The van der Waals surface area contributed by atoms with Crippen LogP contribution in [0.25, 0.3) is 0 Å². The molecule has 0 aliphatic carbocycles. The highest BCUT2D eigenvalue weighted by Crippen LogP contribution is 2.34. The molecule has 0 bridgehead atoms. The Bertz CT molecular complexity index is 397. The lowest BCUT2D eigenvalue weighted by molar-refractivity contribution is 0.191. The van der Waals surface area contributed by atoms with Crippen molar-refractivity contribution in [3.05, 3.63) is 35.4 Å². The Morgan fingerprint density at radius 2 is 2.14 bits per heavy atom. The average Bonchev–Trinajstić information content (AvgIpc) is 2.66. The zero-order chi connectivity index (χ0) is 9.54. The van der Waals surface area contributed by atoms with E-state index < -0.39 is 0 Å². The average molecular weight is 187 g/mol. The van der Waals surface area contributed by atoms with Gasteiger partial charge in [-0.2, -0.15) is 0 Å². The molecular formula is C12H13NO. The number of rotatable bonds is 0. The SMILES string of the molecule is CC1=N[C@H]2COC[C@H]2c2ccccc21. The minimum Gasteiger partial charge on any atom is -0.378 e. The van der Waals surface area contributed by atoms with Gasteiger partial charge in [0.1, 0.15) is 0 Å². The third-order valence-corrected chi connectivity index (χ3v) is 3.16. The summed E-state index contributed by atoms with van der Waals surface area (Å²) >= 11 is 0. The Morgan fingerprint density at radius 3 is 3.07 bits per heavy atom. The number of aliphatic imine (C=N–C) groups is 1. The zero-order valence-corrected chi connectivity index (χ0v) is 8.23. The predicted octanol–water partition coefficient (Wildman–Crippen LogP) is 1.99. The van der Waals surface area contributed by atoms with Crippen LogP contribution in [0.1, 0.15) is 24.0 Å². The lowest BCUT2D eigenvalue weighted by Gasteiger charge is -2.23.